The van der Waals surface area contributed by atoms with E-state index in [0.717, 1.165) is 23.4 Å². The Morgan fingerprint density at radius 3 is 3.12 bits per heavy atom. The highest BCUT2D eigenvalue weighted by Crippen LogP contribution is 2.21. The van der Waals surface area contributed by atoms with Crippen molar-refractivity contribution >= 4 is 17.2 Å². The first kappa shape index (κ1) is 15.7. The van der Waals surface area contributed by atoms with Crippen LogP contribution < -0.4 is 10.1 Å². The zero-order chi connectivity index (χ0) is 17.1. The highest BCUT2D eigenvalue weighted by molar-refractivity contribution is 5.92. The summed E-state index contributed by atoms with van der Waals surface area (Å²) >= 11 is 0. The third kappa shape index (κ3) is 3.64. The molecule has 0 radical (unpaired) electrons. The van der Waals surface area contributed by atoms with Gasteiger partial charge in [-0.05, 0) is 30.7 Å². The van der Waals surface area contributed by atoms with Crippen molar-refractivity contribution in [2.24, 2.45) is 5.92 Å². The van der Waals surface area contributed by atoms with Crippen LogP contribution in [0.1, 0.15) is 12.1 Å². The van der Waals surface area contributed by atoms with Crippen LogP contribution in [-0.2, 0) is 16.1 Å². The van der Waals surface area contributed by atoms with Crippen LogP contribution >= 0.6 is 0 Å². The van der Waals surface area contributed by atoms with E-state index in [1.165, 1.54) is 0 Å². The van der Waals surface area contributed by atoms with Gasteiger partial charge in [-0.15, -0.1) is 0 Å². The number of pyridine rings is 1. The lowest BCUT2D eigenvalue weighted by molar-refractivity contribution is -0.119. The number of hydrogen-bond donors (Lipinski definition) is 1. The highest BCUT2D eigenvalue weighted by atomic mass is 16.5. The summed E-state index contributed by atoms with van der Waals surface area (Å²) in [5, 5.41) is 2.93. The minimum Gasteiger partial charge on any atom is -0.487 e. The number of fused-ring (bicyclic) bond motifs is 1. The second kappa shape index (κ2) is 6.94. The van der Waals surface area contributed by atoms with Gasteiger partial charge < -0.3 is 19.2 Å². The van der Waals surface area contributed by atoms with E-state index < -0.39 is 0 Å². The van der Waals surface area contributed by atoms with Gasteiger partial charge in [-0.1, -0.05) is 12.1 Å². The molecule has 1 aliphatic heterocycles. The van der Waals surface area contributed by atoms with Gasteiger partial charge in [0.05, 0.1) is 18.2 Å². The minimum absolute atomic E-state index is 0.00463. The summed E-state index contributed by atoms with van der Waals surface area (Å²) in [6.07, 6.45) is 4.67. The molecule has 1 aliphatic rings. The van der Waals surface area contributed by atoms with Crippen LogP contribution in [0, 0.1) is 5.92 Å². The molecule has 6 heteroatoms. The number of nitrogens with zero attached hydrogens (tertiary/aromatic N) is 2. The number of ether oxygens (including phenoxy) is 2. The Morgan fingerprint density at radius 2 is 2.28 bits per heavy atom. The molecule has 3 heterocycles. The second-order valence-electron chi connectivity index (χ2n) is 6.06. The number of nitrogens with one attached hydrogen (secondary N) is 1. The lowest BCUT2D eigenvalue weighted by atomic mass is 10.1. The van der Waals surface area contributed by atoms with Gasteiger partial charge in [-0.3, -0.25) is 4.79 Å². The van der Waals surface area contributed by atoms with E-state index in [4.69, 9.17) is 9.47 Å². The Balaban J connectivity index is 1.39. The van der Waals surface area contributed by atoms with Crippen LogP contribution in [0.5, 0.6) is 5.75 Å². The molecule has 0 aliphatic carbocycles. The molecule has 4 rings (SSSR count). The maximum Gasteiger partial charge on any atom is 0.229 e. The van der Waals surface area contributed by atoms with E-state index in [0.29, 0.717) is 25.6 Å². The molecule has 0 saturated carbocycles. The number of carbonyl (C=O) groups is 1. The van der Waals surface area contributed by atoms with Gasteiger partial charge in [0.15, 0.2) is 0 Å². The number of imidazole rings is 1. The van der Waals surface area contributed by atoms with Gasteiger partial charge >= 0.3 is 0 Å². The normalized spacial score (nSPS) is 16.9. The molecule has 1 saturated heterocycles. The van der Waals surface area contributed by atoms with E-state index in [-0.39, 0.29) is 11.8 Å². The summed E-state index contributed by atoms with van der Waals surface area (Å²) in [4.78, 5) is 16.7. The smallest absolute Gasteiger partial charge is 0.229 e. The number of rotatable bonds is 5. The monoisotopic (exact) mass is 337 g/mol. The maximum atomic E-state index is 12.2. The Hall–Kier alpha value is -2.86. The standard InChI is InChI=1S/C19H19N3O3/c23-19(14-7-9-24-12-14)21-15-4-3-5-17(10-15)25-13-16-11-22-8-2-1-6-18(22)20-16/h1-6,8,10-11,14H,7,9,12-13H2,(H,21,23)/t14-/m1/s1. The predicted molar refractivity (Wildman–Crippen MR) is 93.5 cm³/mol. The van der Waals surface area contributed by atoms with Crippen LogP contribution in [0.2, 0.25) is 0 Å². The van der Waals surface area contributed by atoms with Gasteiger partial charge in [0.2, 0.25) is 5.91 Å². The number of aromatic nitrogens is 2. The SMILES string of the molecule is O=C(Nc1cccc(OCc2cn3ccccc3n2)c1)[C@@H]1CCOC1. The molecular weight excluding hydrogens is 318 g/mol. The molecular formula is C19H19N3O3. The lowest BCUT2D eigenvalue weighted by Gasteiger charge is -2.11. The van der Waals surface area contributed by atoms with Crippen molar-refractivity contribution in [3.05, 3.63) is 60.6 Å². The average molecular weight is 337 g/mol. The molecule has 6 nitrogen and oxygen atoms in total. The summed E-state index contributed by atoms with van der Waals surface area (Å²) in [5.74, 6) is 0.620. The van der Waals surface area contributed by atoms with Gasteiger partial charge in [0.25, 0.3) is 0 Å². The molecule has 0 bridgehead atoms. The first-order chi connectivity index (χ1) is 12.3. The van der Waals surface area contributed by atoms with Crippen molar-refractivity contribution in [3.8, 4) is 5.75 Å². The second-order valence-corrected chi connectivity index (χ2v) is 6.06. The fourth-order valence-corrected chi connectivity index (χ4v) is 2.86. The molecule has 1 amide bonds. The molecule has 2 aromatic heterocycles. The van der Waals surface area contributed by atoms with E-state index in [1.807, 2.05) is 59.3 Å². The highest BCUT2D eigenvalue weighted by Gasteiger charge is 2.23. The number of carbonyl (C=O) groups excluding carboxylic acids is 1. The van der Waals surface area contributed by atoms with E-state index in [1.54, 1.807) is 0 Å². The molecule has 1 fully saturated rings. The maximum absolute atomic E-state index is 12.2. The Morgan fingerprint density at radius 1 is 1.32 bits per heavy atom. The number of amides is 1. The summed E-state index contributed by atoms with van der Waals surface area (Å²) in [5.41, 5.74) is 2.47. The molecule has 0 unspecified atom stereocenters. The number of benzene rings is 1. The fraction of sp³-hybridized carbons (Fsp3) is 0.263. The third-order valence-electron chi connectivity index (χ3n) is 4.20. The van der Waals surface area contributed by atoms with Crippen LogP contribution in [0.4, 0.5) is 5.69 Å². The zero-order valence-corrected chi connectivity index (χ0v) is 13.7. The van der Waals surface area contributed by atoms with Crippen LogP contribution in [0.25, 0.3) is 5.65 Å². The number of hydrogen-bond acceptors (Lipinski definition) is 4. The first-order valence-corrected chi connectivity index (χ1v) is 8.32. The number of anilines is 1. The van der Waals surface area contributed by atoms with Crippen molar-refractivity contribution < 1.29 is 14.3 Å². The molecule has 25 heavy (non-hydrogen) atoms. The molecule has 1 aromatic carbocycles. The topological polar surface area (TPSA) is 64.9 Å². The lowest BCUT2D eigenvalue weighted by Crippen LogP contribution is -2.22. The average Bonchev–Trinajstić information content (AvgIpc) is 3.29. The summed E-state index contributed by atoms with van der Waals surface area (Å²) in [7, 11) is 0. The van der Waals surface area contributed by atoms with Crippen LogP contribution in [0.3, 0.4) is 0 Å². The molecule has 1 atom stereocenters. The van der Waals surface area contributed by atoms with Crippen molar-refractivity contribution in [3.63, 3.8) is 0 Å². The molecule has 0 spiro atoms. The van der Waals surface area contributed by atoms with Gasteiger partial charge in [-0.25, -0.2) is 4.98 Å². The van der Waals surface area contributed by atoms with E-state index in [2.05, 4.69) is 10.3 Å². The molecule has 128 valence electrons. The van der Waals surface area contributed by atoms with E-state index in [9.17, 15) is 4.79 Å². The Labute approximate surface area is 145 Å². The minimum atomic E-state index is -0.0671. The molecule has 1 N–H and O–H groups in total. The first-order valence-electron chi connectivity index (χ1n) is 8.32. The van der Waals surface area contributed by atoms with Gasteiger partial charge in [0, 0.05) is 30.8 Å². The third-order valence-corrected chi connectivity index (χ3v) is 4.20. The quantitative estimate of drug-likeness (QED) is 0.777. The fourth-order valence-electron chi connectivity index (χ4n) is 2.86. The van der Waals surface area contributed by atoms with Crippen molar-refractivity contribution in [1.29, 1.82) is 0 Å². The summed E-state index contributed by atoms with van der Waals surface area (Å²) in [6, 6.07) is 13.3. The van der Waals surface area contributed by atoms with Crippen LogP contribution in [0.15, 0.2) is 54.9 Å². The zero-order valence-electron chi connectivity index (χ0n) is 13.7. The van der Waals surface area contributed by atoms with Crippen LogP contribution in [-0.4, -0.2) is 28.5 Å². The summed E-state index contributed by atoms with van der Waals surface area (Å²) in [6.45, 7) is 1.52. The molecule has 3 aromatic rings. The van der Waals surface area contributed by atoms with Crippen molar-refractivity contribution in [2.75, 3.05) is 18.5 Å². The largest absolute Gasteiger partial charge is 0.487 e. The van der Waals surface area contributed by atoms with E-state index >= 15 is 0 Å². The van der Waals surface area contributed by atoms with Gasteiger partial charge in [-0.2, -0.15) is 0 Å². The Kier molecular flexibility index (Phi) is 4.35. The summed E-state index contributed by atoms with van der Waals surface area (Å²) < 4.78 is 13.0. The predicted octanol–water partition coefficient (Wildman–Crippen LogP) is 2.89. The van der Waals surface area contributed by atoms with Crippen molar-refractivity contribution in [2.45, 2.75) is 13.0 Å². The van der Waals surface area contributed by atoms with Crippen molar-refractivity contribution in [1.82, 2.24) is 9.38 Å². The Bertz CT molecular complexity index is 851. The van der Waals surface area contributed by atoms with Gasteiger partial charge in [0.1, 0.15) is 18.0 Å².